The van der Waals surface area contributed by atoms with Gasteiger partial charge in [-0.1, -0.05) is 0 Å². The van der Waals surface area contributed by atoms with Crippen molar-refractivity contribution in [3.63, 3.8) is 0 Å². The minimum Gasteiger partial charge on any atom is -0.478 e. The molecule has 19 heavy (non-hydrogen) atoms. The van der Waals surface area contributed by atoms with Crippen molar-refractivity contribution >= 4 is 17.3 Å². The molecular formula is C14H16N2O3. The van der Waals surface area contributed by atoms with Crippen LogP contribution in [0.2, 0.25) is 0 Å². The lowest BCUT2D eigenvalue weighted by Crippen LogP contribution is -2.09. The molecule has 2 aromatic rings. The summed E-state index contributed by atoms with van der Waals surface area (Å²) in [5.74, 6) is -0.249. The molecule has 0 saturated heterocycles. The van der Waals surface area contributed by atoms with Crippen LogP contribution in [0.15, 0.2) is 34.9 Å². The predicted molar refractivity (Wildman–Crippen MR) is 73.3 cm³/mol. The number of aryl methyl sites for hydroxylation is 1. The van der Waals surface area contributed by atoms with Crippen LogP contribution in [0.1, 0.15) is 34.6 Å². The van der Waals surface area contributed by atoms with Crippen molar-refractivity contribution in [2.75, 3.05) is 11.1 Å². The van der Waals surface area contributed by atoms with E-state index in [-0.39, 0.29) is 11.6 Å². The summed E-state index contributed by atoms with van der Waals surface area (Å²) in [4.78, 5) is 11.1. The highest BCUT2D eigenvalue weighted by molar-refractivity contribution is 5.95. The van der Waals surface area contributed by atoms with Gasteiger partial charge in [-0.2, -0.15) is 0 Å². The van der Waals surface area contributed by atoms with Gasteiger partial charge in [-0.3, -0.25) is 0 Å². The maximum atomic E-state index is 11.1. The van der Waals surface area contributed by atoms with Crippen LogP contribution in [0, 0.1) is 6.92 Å². The molecule has 0 amide bonds. The van der Waals surface area contributed by atoms with Gasteiger partial charge < -0.3 is 20.6 Å². The first kappa shape index (κ1) is 13.0. The summed E-state index contributed by atoms with van der Waals surface area (Å²) in [6, 6.07) is 6.97. The van der Waals surface area contributed by atoms with Gasteiger partial charge in [-0.15, -0.1) is 0 Å². The Hall–Kier alpha value is -2.43. The van der Waals surface area contributed by atoms with E-state index in [2.05, 4.69) is 5.32 Å². The van der Waals surface area contributed by atoms with Crippen LogP contribution in [-0.2, 0) is 0 Å². The molecule has 100 valence electrons. The number of anilines is 2. The summed E-state index contributed by atoms with van der Waals surface area (Å²) in [7, 11) is 0. The van der Waals surface area contributed by atoms with Crippen molar-refractivity contribution in [3.05, 3.63) is 47.4 Å². The van der Waals surface area contributed by atoms with Crippen LogP contribution in [0.5, 0.6) is 0 Å². The number of benzene rings is 1. The first-order valence-electron chi connectivity index (χ1n) is 5.92. The first-order chi connectivity index (χ1) is 8.99. The highest BCUT2D eigenvalue weighted by Crippen LogP contribution is 2.26. The topological polar surface area (TPSA) is 88.5 Å². The van der Waals surface area contributed by atoms with Gasteiger partial charge in [0.25, 0.3) is 0 Å². The Labute approximate surface area is 111 Å². The third-order valence-electron chi connectivity index (χ3n) is 2.97. The molecule has 1 aromatic heterocycles. The second-order valence-corrected chi connectivity index (χ2v) is 4.44. The number of nitrogens with one attached hydrogen (secondary N) is 1. The van der Waals surface area contributed by atoms with Gasteiger partial charge in [0.05, 0.1) is 17.9 Å². The van der Waals surface area contributed by atoms with E-state index < -0.39 is 5.97 Å². The average molecular weight is 260 g/mol. The molecule has 0 aliphatic carbocycles. The molecular weight excluding hydrogens is 244 g/mol. The van der Waals surface area contributed by atoms with Crippen molar-refractivity contribution < 1.29 is 14.3 Å². The van der Waals surface area contributed by atoms with Crippen LogP contribution in [0.25, 0.3) is 0 Å². The lowest BCUT2D eigenvalue weighted by atomic mass is 10.1. The Morgan fingerprint density at radius 3 is 2.79 bits per heavy atom. The summed E-state index contributed by atoms with van der Waals surface area (Å²) >= 11 is 0. The predicted octanol–water partition coefficient (Wildman–Crippen LogP) is 3.04. The van der Waals surface area contributed by atoms with Gasteiger partial charge in [-0.05, 0) is 43.7 Å². The minimum absolute atomic E-state index is 0.0559. The number of furan rings is 1. The number of carboxylic acid groups (broad SMARTS) is 1. The second kappa shape index (κ2) is 5.06. The van der Waals surface area contributed by atoms with Gasteiger partial charge in [0.15, 0.2) is 0 Å². The largest absolute Gasteiger partial charge is 0.478 e. The molecule has 1 unspecified atom stereocenters. The molecule has 1 aromatic carbocycles. The van der Waals surface area contributed by atoms with E-state index in [1.54, 1.807) is 13.2 Å². The Balaban J connectivity index is 2.28. The highest BCUT2D eigenvalue weighted by Gasteiger charge is 2.14. The van der Waals surface area contributed by atoms with E-state index in [1.807, 2.05) is 25.1 Å². The fourth-order valence-corrected chi connectivity index (χ4v) is 1.92. The molecule has 5 heteroatoms. The zero-order valence-corrected chi connectivity index (χ0v) is 10.8. The van der Waals surface area contributed by atoms with Crippen LogP contribution in [-0.4, -0.2) is 11.1 Å². The Morgan fingerprint density at radius 2 is 2.21 bits per heavy atom. The van der Waals surface area contributed by atoms with Crippen molar-refractivity contribution in [1.82, 2.24) is 0 Å². The number of rotatable bonds is 4. The third-order valence-corrected chi connectivity index (χ3v) is 2.97. The molecule has 0 bridgehead atoms. The van der Waals surface area contributed by atoms with E-state index in [4.69, 9.17) is 15.3 Å². The summed E-state index contributed by atoms with van der Waals surface area (Å²) < 4.78 is 5.30. The Bertz CT molecular complexity index is 591. The summed E-state index contributed by atoms with van der Waals surface area (Å²) in [5.41, 5.74) is 7.58. The number of carbonyl (C=O) groups is 1. The number of nitrogens with two attached hydrogens (primary N) is 1. The Morgan fingerprint density at radius 1 is 1.47 bits per heavy atom. The molecule has 5 nitrogen and oxygen atoms in total. The molecule has 0 fully saturated rings. The zero-order valence-electron chi connectivity index (χ0n) is 10.8. The standard InChI is InChI=1S/C14H16N2O3/c1-8-6-10(7-11(13(8)15)14(17)18)16-9(2)12-4-3-5-19-12/h3-7,9,16H,15H2,1-2H3,(H,17,18). The van der Waals surface area contributed by atoms with E-state index in [0.29, 0.717) is 11.4 Å². The van der Waals surface area contributed by atoms with Gasteiger partial charge in [0.2, 0.25) is 0 Å². The van der Waals surface area contributed by atoms with Gasteiger partial charge in [0.1, 0.15) is 5.76 Å². The molecule has 0 radical (unpaired) electrons. The van der Waals surface area contributed by atoms with Crippen molar-refractivity contribution in [2.24, 2.45) is 0 Å². The van der Waals surface area contributed by atoms with E-state index in [0.717, 1.165) is 11.3 Å². The van der Waals surface area contributed by atoms with E-state index >= 15 is 0 Å². The highest BCUT2D eigenvalue weighted by atomic mass is 16.4. The van der Waals surface area contributed by atoms with E-state index in [9.17, 15) is 4.79 Å². The molecule has 2 rings (SSSR count). The fraction of sp³-hybridized carbons (Fsp3) is 0.214. The van der Waals surface area contributed by atoms with Gasteiger partial charge in [0, 0.05) is 11.4 Å². The monoisotopic (exact) mass is 260 g/mol. The average Bonchev–Trinajstić information content (AvgIpc) is 2.86. The maximum absolute atomic E-state index is 11.1. The van der Waals surface area contributed by atoms with Crippen molar-refractivity contribution in [1.29, 1.82) is 0 Å². The molecule has 4 N–H and O–H groups in total. The summed E-state index contributed by atoms with van der Waals surface area (Å²) in [6.07, 6.45) is 1.60. The van der Waals surface area contributed by atoms with Crippen molar-refractivity contribution in [3.8, 4) is 0 Å². The molecule has 1 atom stereocenters. The SMILES string of the molecule is Cc1cc(NC(C)c2ccco2)cc(C(=O)O)c1N. The number of carboxylic acids is 1. The second-order valence-electron chi connectivity index (χ2n) is 4.44. The molecule has 1 heterocycles. The third kappa shape index (κ3) is 2.70. The maximum Gasteiger partial charge on any atom is 0.337 e. The molecule has 0 aliphatic rings. The van der Waals surface area contributed by atoms with Gasteiger partial charge >= 0.3 is 5.97 Å². The first-order valence-corrected chi connectivity index (χ1v) is 5.92. The quantitative estimate of drug-likeness (QED) is 0.735. The number of hydrogen-bond donors (Lipinski definition) is 3. The summed E-state index contributed by atoms with van der Waals surface area (Å²) in [5, 5.41) is 12.3. The zero-order chi connectivity index (χ0) is 14.0. The van der Waals surface area contributed by atoms with E-state index in [1.165, 1.54) is 6.07 Å². The molecule has 0 aliphatic heterocycles. The minimum atomic E-state index is -1.03. The van der Waals surface area contributed by atoms with Crippen LogP contribution >= 0.6 is 0 Å². The summed E-state index contributed by atoms with van der Waals surface area (Å²) in [6.45, 7) is 3.72. The number of hydrogen-bond acceptors (Lipinski definition) is 4. The Kier molecular flexibility index (Phi) is 3.46. The van der Waals surface area contributed by atoms with Crippen LogP contribution < -0.4 is 11.1 Å². The van der Waals surface area contributed by atoms with Gasteiger partial charge in [-0.25, -0.2) is 4.79 Å². The molecule has 0 saturated carbocycles. The normalized spacial score (nSPS) is 12.1. The number of nitrogen functional groups attached to an aromatic ring is 1. The molecule has 0 spiro atoms. The number of aromatic carboxylic acids is 1. The fourth-order valence-electron chi connectivity index (χ4n) is 1.92. The van der Waals surface area contributed by atoms with Crippen LogP contribution in [0.3, 0.4) is 0 Å². The van der Waals surface area contributed by atoms with Crippen molar-refractivity contribution in [2.45, 2.75) is 19.9 Å². The smallest absolute Gasteiger partial charge is 0.337 e. The lowest BCUT2D eigenvalue weighted by molar-refractivity contribution is 0.0698. The van der Waals surface area contributed by atoms with Crippen LogP contribution in [0.4, 0.5) is 11.4 Å². The lowest BCUT2D eigenvalue weighted by Gasteiger charge is -2.15.